The van der Waals surface area contributed by atoms with E-state index in [4.69, 9.17) is 4.74 Å². The van der Waals surface area contributed by atoms with E-state index < -0.39 is 0 Å². The van der Waals surface area contributed by atoms with Crippen molar-refractivity contribution in [1.82, 2.24) is 9.55 Å². The quantitative estimate of drug-likeness (QED) is 0.716. The van der Waals surface area contributed by atoms with E-state index in [-0.39, 0.29) is 6.10 Å². The van der Waals surface area contributed by atoms with Crippen LogP contribution in [0.25, 0.3) is 10.9 Å². The third-order valence-corrected chi connectivity index (χ3v) is 3.24. The summed E-state index contributed by atoms with van der Waals surface area (Å²) in [5, 5.41) is 1.16. The van der Waals surface area contributed by atoms with Gasteiger partial charge in [-0.15, -0.1) is 0 Å². The van der Waals surface area contributed by atoms with Gasteiger partial charge in [-0.25, -0.2) is 0 Å². The highest BCUT2D eigenvalue weighted by atomic mass is 16.5. The predicted molar refractivity (Wildman–Crippen MR) is 81.0 cm³/mol. The van der Waals surface area contributed by atoms with Crippen LogP contribution in [0.4, 0.5) is 0 Å². The van der Waals surface area contributed by atoms with Gasteiger partial charge in [-0.1, -0.05) is 6.07 Å². The molecule has 0 aliphatic rings. The molecule has 0 unspecified atom stereocenters. The van der Waals surface area contributed by atoms with E-state index in [0.29, 0.717) is 0 Å². The molecule has 0 bridgehead atoms. The molecule has 102 valence electrons. The minimum atomic E-state index is 0.184. The molecule has 3 rings (SSSR count). The molecular formula is C17H18N2O. The monoisotopic (exact) mass is 266 g/mol. The van der Waals surface area contributed by atoms with Crippen molar-refractivity contribution in [1.29, 1.82) is 0 Å². The fourth-order valence-electron chi connectivity index (χ4n) is 2.37. The smallest absolute Gasteiger partial charge is 0.129 e. The molecule has 3 nitrogen and oxygen atoms in total. The van der Waals surface area contributed by atoms with E-state index in [1.165, 1.54) is 11.1 Å². The standard InChI is InChI=1S/C17H18N2O/c1-13(2)20-17-5-3-4-16-15(17)8-11-19(16)12-14-6-9-18-10-7-14/h3-11,13H,12H2,1-2H3. The molecule has 0 aliphatic carbocycles. The number of benzene rings is 1. The summed E-state index contributed by atoms with van der Waals surface area (Å²) in [4.78, 5) is 4.05. The van der Waals surface area contributed by atoms with Crippen LogP contribution < -0.4 is 4.74 Å². The zero-order valence-corrected chi connectivity index (χ0v) is 11.8. The van der Waals surface area contributed by atoms with Gasteiger partial charge in [-0.05, 0) is 49.7 Å². The minimum absolute atomic E-state index is 0.184. The van der Waals surface area contributed by atoms with Crippen LogP contribution in [-0.2, 0) is 6.54 Å². The Hall–Kier alpha value is -2.29. The topological polar surface area (TPSA) is 27.1 Å². The highest BCUT2D eigenvalue weighted by molar-refractivity contribution is 5.86. The van der Waals surface area contributed by atoms with Gasteiger partial charge in [0, 0.05) is 30.5 Å². The van der Waals surface area contributed by atoms with Gasteiger partial charge >= 0.3 is 0 Å². The summed E-state index contributed by atoms with van der Waals surface area (Å²) < 4.78 is 8.10. The first-order valence-corrected chi connectivity index (χ1v) is 6.87. The Morgan fingerprint density at radius 2 is 1.90 bits per heavy atom. The molecule has 0 N–H and O–H groups in total. The number of fused-ring (bicyclic) bond motifs is 1. The molecule has 2 heterocycles. The molecule has 20 heavy (non-hydrogen) atoms. The Labute approximate surface area is 118 Å². The van der Waals surface area contributed by atoms with Crippen LogP contribution >= 0.6 is 0 Å². The summed E-state index contributed by atoms with van der Waals surface area (Å²) in [5.41, 5.74) is 2.44. The predicted octanol–water partition coefficient (Wildman–Crippen LogP) is 3.87. The maximum atomic E-state index is 5.87. The van der Waals surface area contributed by atoms with Crippen molar-refractivity contribution in [3.8, 4) is 5.75 Å². The van der Waals surface area contributed by atoms with Crippen LogP contribution in [0, 0.1) is 0 Å². The fraction of sp³-hybridized carbons (Fsp3) is 0.235. The molecule has 0 saturated heterocycles. The van der Waals surface area contributed by atoms with Crippen molar-refractivity contribution in [3.05, 3.63) is 60.6 Å². The molecule has 0 radical (unpaired) electrons. The van der Waals surface area contributed by atoms with Gasteiger partial charge < -0.3 is 9.30 Å². The SMILES string of the molecule is CC(C)Oc1cccc2c1ccn2Cc1ccncc1. The molecule has 3 heteroatoms. The number of hydrogen-bond donors (Lipinski definition) is 0. The number of aromatic nitrogens is 2. The Morgan fingerprint density at radius 1 is 1.10 bits per heavy atom. The van der Waals surface area contributed by atoms with Crippen molar-refractivity contribution >= 4 is 10.9 Å². The van der Waals surface area contributed by atoms with Crippen LogP contribution in [0.15, 0.2) is 55.0 Å². The van der Waals surface area contributed by atoms with E-state index in [0.717, 1.165) is 17.7 Å². The summed E-state index contributed by atoms with van der Waals surface area (Å²) in [6.07, 6.45) is 5.95. The Balaban J connectivity index is 1.97. The lowest BCUT2D eigenvalue weighted by Crippen LogP contribution is -2.05. The van der Waals surface area contributed by atoms with Gasteiger partial charge in [0.1, 0.15) is 5.75 Å². The number of ether oxygens (including phenoxy) is 1. The Kier molecular flexibility index (Phi) is 3.42. The molecule has 0 atom stereocenters. The van der Waals surface area contributed by atoms with Gasteiger partial charge in [-0.3, -0.25) is 4.98 Å². The summed E-state index contributed by atoms with van der Waals surface area (Å²) >= 11 is 0. The van der Waals surface area contributed by atoms with Crippen molar-refractivity contribution in [2.75, 3.05) is 0 Å². The van der Waals surface area contributed by atoms with E-state index >= 15 is 0 Å². The lowest BCUT2D eigenvalue weighted by atomic mass is 10.2. The molecule has 0 fully saturated rings. The largest absolute Gasteiger partial charge is 0.490 e. The second kappa shape index (κ2) is 5.37. The molecular weight excluding hydrogens is 248 g/mol. The van der Waals surface area contributed by atoms with Gasteiger partial charge in [0.25, 0.3) is 0 Å². The zero-order valence-electron chi connectivity index (χ0n) is 11.8. The number of rotatable bonds is 4. The summed E-state index contributed by atoms with van der Waals surface area (Å²) in [6, 6.07) is 12.4. The third kappa shape index (κ3) is 2.52. The first-order chi connectivity index (χ1) is 9.74. The maximum Gasteiger partial charge on any atom is 0.129 e. The average molecular weight is 266 g/mol. The van der Waals surface area contributed by atoms with Gasteiger partial charge in [0.05, 0.1) is 11.6 Å². The van der Waals surface area contributed by atoms with Crippen molar-refractivity contribution in [2.45, 2.75) is 26.5 Å². The van der Waals surface area contributed by atoms with Crippen LogP contribution in [0.3, 0.4) is 0 Å². The molecule has 1 aromatic carbocycles. The van der Waals surface area contributed by atoms with Gasteiger partial charge in [0.15, 0.2) is 0 Å². The zero-order chi connectivity index (χ0) is 13.9. The summed E-state index contributed by atoms with van der Waals surface area (Å²) in [6.45, 7) is 4.94. The van der Waals surface area contributed by atoms with Crippen LogP contribution in [0.2, 0.25) is 0 Å². The van der Waals surface area contributed by atoms with Gasteiger partial charge in [-0.2, -0.15) is 0 Å². The maximum absolute atomic E-state index is 5.87. The number of hydrogen-bond acceptors (Lipinski definition) is 2. The lowest BCUT2D eigenvalue weighted by molar-refractivity contribution is 0.245. The van der Waals surface area contributed by atoms with Crippen LogP contribution in [0.5, 0.6) is 5.75 Å². The number of pyridine rings is 1. The average Bonchev–Trinajstić information content (AvgIpc) is 2.84. The van der Waals surface area contributed by atoms with E-state index in [2.05, 4.69) is 27.9 Å². The third-order valence-electron chi connectivity index (χ3n) is 3.24. The fourth-order valence-corrected chi connectivity index (χ4v) is 2.37. The molecule has 0 aliphatic heterocycles. The first-order valence-electron chi connectivity index (χ1n) is 6.87. The Bertz CT molecular complexity index is 701. The Morgan fingerprint density at radius 3 is 2.65 bits per heavy atom. The highest BCUT2D eigenvalue weighted by Crippen LogP contribution is 2.27. The van der Waals surface area contributed by atoms with Crippen molar-refractivity contribution < 1.29 is 4.74 Å². The molecule has 2 aromatic heterocycles. The second-order valence-corrected chi connectivity index (χ2v) is 5.15. The lowest BCUT2D eigenvalue weighted by Gasteiger charge is -2.11. The van der Waals surface area contributed by atoms with Gasteiger partial charge in [0.2, 0.25) is 0 Å². The summed E-state index contributed by atoms with van der Waals surface area (Å²) in [7, 11) is 0. The second-order valence-electron chi connectivity index (χ2n) is 5.15. The van der Waals surface area contributed by atoms with E-state index in [1.807, 2.05) is 50.5 Å². The molecule has 0 amide bonds. The van der Waals surface area contributed by atoms with Crippen molar-refractivity contribution in [2.24, 2.45) is 0 Å². The van der Waals surface area contributed by atoms with E-state index in [9.17, 15) is 0 Å². The summed E-state index contributed by atoms with van der Waals surface area (Å²) in [5.74, 6) is 0.950. The normalized spacial score (nSPS) is 11.2. The first kappa shape index (κ1) is 12.7. The molecule has 3 aromatic rings. The highest BCUT2D eigenvalue weighted by Gasteiger charge is 2.08. The molecule has 0 saturated carbocycles. The van der Waals surface area contributed by atoms with Crippen LogP contribution in [-0.4, -0.2) is 15.7 Å². The number of nitrogens with zero attached hydrogens (tertiary/aromatic N) is 2. The van der Waals surface area contributed by atoms with E-state index in [1.54, 1.807) is 0 Å². The minimum Gasteiger partial charge on any atom is -0.490 e. The molecule has 0 spiro atoms. The van der Waals surface area contributed by atoms with Crippen molar-refractivity contribution in [3.63, 3.8) is 0 Å². The van der Waals surface area contributed by atoms with Crippen LogP contribution in [0.1, 0.15) is 19.4 Å².